The van der Waals surface area contributed by atoms with E-state index in [1.807, 2.05) is 0 Å². The molecular formula is C22H25F3N2O4S. The summed E-state index contributed by atoms with van der Waals surface area (Å²) in [7, 11) is -3.58. The molecule has 0 heterocycles. The van der Waals surface area contributed by atoms with E-state index in [4.69, 9.17) is 4.74 Å². The molecule has 0 aliphatic rings. The highest BCUT2D eigenvalue weighted by Gasteiger charge is 2.29. The van der Waals surface area contributed by atoms with Crippen LogP contribution in [0.3, 0.4) is 0 Å². The van der Waals surface area contributed by atoms with Crippen LogP contribution in [-0.2, 0) is 14.8 Å². The molecule has 0 aliphatic carbocycles. The van der Waals surface area contributed by atoms with Crippen LogP contribution in [0.15, 0.2) is 53.4 Å². The lowest BCUT2D eigenvalue weighted by Gasteiger charge is -2.18. The maximum atomic E-state index is 12.5. The Morgan fingerprint density at radius 2 is 1.72 bits per heavy atom. The molecule has 0 saturated heterocycles. The summed E-state index contributed by atoms with van der Waals surface area (Å²) in [6.45, 7) is 4.44. The topological polar surface area (TPSA) is 75.7 Å². The summed E-state index contributed by atoms with van der Waals surface area (Å²) in [6, 6.07) is 10.5. The van der Waals surface area contributed by atoms with Gasteiger partial charge in [0, 0.05) is 19.2 Å². The van der Waals surface area contributed by atoms with Gasteiger partial charge in [0.15, 0.2) is 6.61 Å². The first kappa shape index (κ1) is 25.4. The molecule has 10 heteroatoms. The number of sulfonamides is 1. The van der Waals surface area contributed by atoms with E-state index in [0.29, 0.717) is 24.2 Å². The Hall–Kier alpha value is -2.85. The van der Waals surface area contributed by atoms with Crippen LogP contribution in [0, 0.1) is 6.92 Å². The number of anilines is 1. The zero-order valence-corrected chi connectivity index (χ0v) is 18.8. The third-order valence-electron chi connectivity index (χ3n) is 4.44. The number of hydrogen-bond acceptors (Lipinski definition) is 4. The van der Waals surface area contributed by atoms with Crippen LogP contribution in [0.5, 0.6) is 5.75 Å². The molecule has 0 saturated carbocycles. The molecule has 0 aliphatic heterocycles. The van der Waals surface area contributed by atoms with E-state index in [1.54, 1.807) is 39.0 Å². The fraction of sp³-hybridized carbons (Fsp3) is 0.318. The van der Waals surface area contributed by atoms with Gasteiger partial charge in [0.05, 0.1) is 10.6 Å². The first-order valence-electron chi connectivity index (χ1n) is 9.85. The minimum Gasteiger partial charge on any atom is -0.482 e. The molecule has 174 valence electrons. The van der Waals surface area contributed by atoms with Gasteiger partial charge in [0.25, 0.3) is 0 Å². The van der Waals surface area contributed by atoms with Gasteiger partial charge in [0.2, 0.25) is 15.9 Å². The number of amides is 1. The van der Waals surface area contributed by atoms with Gasteiger partial charge in [-0.3, -0.25) is 4.79 Å². The fourth-order valence-corrected chi connectivity index (χ4v) is 4.28. The molecule has 0 fully saturated rings. The first-order chi connectivity index (χ1) is 15.0. The molecule has 6 nitrogen and oxygen atoms in total. The highest BCUT2D eigenvalue weighted by Crippen LogP contribution is 2.28. The molecule has 0 bridgehead atoms. The molecule has 0 spiro atoms. The van der Waals surface area contributed by atoms with Gasteiger partial charge in [-0.05, 0) is 48.4 Å². The fourth-order valence-electron chi connectivity index (χ4n) is 2.82. The van der Waals surface area contributed by atoms with Crippen molar-refractivity contribution in [3.8, 4) is 5.75 Å². The second kappa shape index (κ2) is 10.6. The summed E-state index contributed by atoms with van der Waals surface area (Å²) < 4.78 is 68.6. The molecule has 2 aromatic carbocycles. The van der Waals surface area contributed by atoms with E-state index < -0.39 is 28.7 Å². The molecule has 2 aromatic rings. The van der Waals surface area contributed by atoms with Crippen molar-refractivity contribution in [3.63, 3.8) is 0 Å². The molecule has 32 heavy (non-hydrogen) atoms. The largest absolute Gasteiger partial charge is 0.482 e. The van der Waals surface area contributed by atoms with Gasteiger partial charge in [-0.25, -0.2) is 8.42 Å². The predicted octanol–water partition coefficient (Wildman–Crippen LogP) is 4.62. The number of halogens is 3. The Bertz CT molecular complexity index is 1060. The average Bonchev–Trinajstić information content (AvgIpc) is 2.73. The van der Waals surface area contributed by atoms with E-state index in [1.165, 1.54) is 40.7 Å². The lowest BCUT2D eigenvalue weighted by atomic mass is 10.2. The van der Waals surface area contributed by atoms with Crippen molar-refractivity contribution in [1.29, 1.82) is 0 Å². The number of benzene rings is 2. The summed E-state index contributed by atoms with van der Waals surface area (Å²) in [5, 5.41) is 2.49. The van der Waals surface area contributed by atoms with Crippen LogP contribution in [0.2, 0.25) is 0 Å². The zero-order chi connectivity index (χ0) is 23.9. The van der Waals surface area contributed by atoms with E-state index in [9.17, 15) is 26.4 Å². The van der Waals surface area contributed by atoms with Crippen molar-refractivity contribution in [3.05, 3.63) is 59.7 Å². The van der Waals surface area contributed by atoms with Crippen molar-refractivity contribution in [2.45, 2.75) is 31.8 Å². The minimum atomic E-state index is -4.50. The summed E-state index contributed by atoms with van der Waals surface area (Å²) in [5.41, 5.74) is 1.36. The SMILES string of the molecule is CCN(CC)S(=O)(=O)c1ccc(/C=C/C(=O)Nc2ccc(C)cc2OCC(F)(F)F)cc1. The number of ether oxygens (including phenoxy) is 1. The van der Waals surface area contributed by atoms with Crippen molar-refractivity contribution in [2.75, 3.05) is 25.0 Å². The zero-order valence-electron chi connectivity index (χ0n) is 17.9. The molecule has 1 amide bonds. The number of alkyl halides is 3. The molecular weight excluding hydrogens is 445 g/mol. The van der Waals surface area contributed by atoms with Gasteiger partial charge >= 0.3 is 6.18 Å². The van der Waals surface area contributed by atoms with Crippen molar-refractivity contribution in [1.82, 2.24) is 4.31 Å². The Kier molecular flexibility index (Phi) is 8.45. The number of aryl methyl sites for hydroxylation is 1. The highest BCUT2D eigenvalue weighted by atomic mass is 32.2. The van der Waals surface area contributed by atoms with Gasteiger partial charge in [0.1, 0.15) is 5.75 Å². The Labute approximate surface area is 185 Å². The van der Waals surface area contributed by atoms with E-state index in [2.05, 4.69) is 5.32 Å². The van der Waals surface area contributed by atoms with E-state index in [-0.39, 0.29) is 16.3 Å². The summed E-state index contributed by atoms with van der Waals surface area (Å²) in [6.07, 6.45) is -1.84. The van der Waals surface area contributed by atoms with Crippen LogP contribution in [0.1, 0.15) is 25.0 Å². The van der Waals surface area contributed by atoms with Gasteiger partial charge in [-0.2, -0.15) is 17.5 Å². The summed E-state index contributed by atoms with van der Waals surface area (Å²) in [4.78, 5) is 12.4. The number of nitrogens with zero attached hydrogens (tertiary/aromatic N) is 1. The minimum absolute atomic E-state index is 0.0879. The second-order valence-electron chi connectivity index (χ2n) is 6.88. The molecule has 1 N–H and O–H groups in total. The number of carbonyl (C=O) groups excluding carboxylic acids is 1. The standard InChI is InChI=1S/C22H25F3N2O4S/c1-4-27(5-2)32(29,30)18-10-7-17(8-11-18)9-13-21(28)26-19-12-6-16(3)14-20(19)31-15-22(23,24)25/h6-14H,4-5,15H2,1-3H3,(H,26,28)/b13-9+. The second-order valence-corrected chi connectivity index (χ2v) is 8.82. The third-order valence-corrected chi connectivity index (χ3v) is 6.50. The number of rotatable bonds is 9. The number of hydrogen-bond donors (Lipinski definition) is 1. The quantitative estimate of drug-likeness (QED) is 0.543. The maximum absolute atomic E-state index is 12.5. The van der Waals surface area contributed by atoms with Crippen LogP contribution in [0.25, 0.3) is 6.08 Å². The van der Waals surface area contributed by atoms with Crippen LogP contribution >= 0.6 is 0 Å². The molecule has 2 rings (SSSR count). The van der Waals surface area contributed by atoms with Gasteiger partial charge in [-0.1, -0.05) is 32.0 Å². The molecule has 0 radical (unpaired) electrons. The van der Waals surface area contributed by atoms with Crippen molar-refractivity contribution < 1.29 is 31.1 Å². The molecule has 0 aromatic heterocycles. The maximum Gasteiger partial charge on any atom is 0.422 e. The Morgan fingerprint density at radius 3 is 2.28 bits per heavy atom. The third kappa shape index (κ3) is 7.10. The normalized spacial score (nSPS) is 12.3. The van der Waals surface area contributed by atoms with Crippen molar-refractivity contribution in [2.24, 2.45) is 0 Å². The highest BCUT2D eigenvalue weighted by molar-refractivity contribution is 7.89. The van der Waals surface area contributed by atoms with Gasteiger partial charge in [-0.15, -0.1) is 0 Å². The van der Waals surface area contributed by atoms with Crippen LogP contribution < -0.4 is 10.1 Å². The average molecular weight is 471 g/mol. The van der Waals surface area contributed by atoms with Gasteiger partial charge < -0.3 is 10.1 Å². The lowest BCUT2D eigenvalue weighted by Crippen LogP contribution is -2.30. The van der Waals surface area contributed by atoms with Crippen LogP contribution in [-0.4, -0.2) is 44.5 Å². The van der Waals surface area contributed by atoms with E-state index in [0.717, 1.165) is 0 Å². The smallest absolute Gasteiger partial charge is 0.422 e. The van der Waals surface area contributed by atoms with E-state index >= 15 is 0 Å². The van der Waals surface area contributed by atoms with Crippen LogP contribution in [0.4, 0.5) is 18.9 Å². The Balaban J connectivity index is 2.10. The van der Waals surface area contributed by atoms with Crippen molar-refractivity contribution >= 4 is 27.7 Å². The molecule has 0 unspecified atom stereocenters. The number of nitrogens with one attached hydrogen (secondary N) is 1. The predicted molar refractivity (Wildman–Crippen MR) is 117 cm³/mol. The first-order valence-corrected chi connectivity index (χ1v) is 11.3. The lowest BCUT2D eigenvalue weighted by molar-refractivity contribution is -0.153. The summed E-state index contributed by atoms with van der Waals surface area (Å²) in [5.74, 6) is -0.666. The Morgan fingerprint density at radius 1 is 1.09 bits per heavy atom. The summed E-state index contributed by atoms with van der Waals surface area (Å²) >= 11 is 0. The monoisotopic (exact) mass is 470 g/mol. The number of carbonyl (C=O) groups is 1. The molecule has 0 atom stereocenters.